The third-order valence-electron chi connectivity index (χ3n) is 2.52. The number of benzene rings is 1. The second-order valence-corrected chi connectivity index (χ2v) is 3.51. The first-order valence-electron chi connectivity index (χ1n) is 5.07. The Labute approximate surface area is 89.7 Å². The molecule has 0 aliphatic carbocycles. The van der Waals surface area contributed by atoms with E-state index in [9.17, 15) is 4.79 Å². The number of anilines is 1. The van der Waals surface area contributed by atoms with Gasteiger partial charge in [0.2, 0.25) is 0 Å². The molecule has 0 N–H and O–H groups in total. The minimum atomic E-state index is 0.0311. The molecule has 0 saturated carbocycles. The Morgan fingerprint density at radius 3 is 2.67 bits per heavy atom. The van der Waals surface area contributed by atoms with E-state index >= 15 is 0 Å². The number of hydrogen-bond donors (Lipinski definition) is 0. The normalized spacial score (nSPS) is 16.9. The summed E-state index contributed by atoms with van der Waals surface area (Å²) in [7, 11) is 0. The molecule has 1 fully saturated rings. The van der Waals surface area contributed by atoms with E-state index in [1.54, 1.807) is 4.90 Å². The van der Waals surface area contributed by atoms with Crippen LogP contribution < -0.4 is 4.90 Å². The highest BCUT2D eigenvalue weighted by molar-refractivity contribution is 5.94. The molecular weight excluding hydrogens is 190 g/mol. The van der Waals surface area contributed by atoms with Crippen molar-refractivity contribution in [2.45, 2.75) is 6.42 Å². The fourth-order valence-electron chi connectivity index (χ4n) is 1.63. The van der Waals surface area contributed by atoms with Crippen molar-refractivity contribution >= 4 is 11.6 Å². The van der Waals surface area contributed by atoms with Gasteiger partial charge in [-0.05, 0) is 31.0 Å². The zero-order valence-corrected chi connectivity index (χ0v) is 8.61. The second-order valence-electron chi connectivity index (χ2n) is 3.51. The largest absolute Gasteiger partial charge is 0.370 e. The third kappa shape index (κ3) is 2.18. The van der Waals surface area contributed by atoms with Gasteiger partial charge in [0.15, 0.2) is 0 Å². The number of carbonyl (C=O) groups is 1. The van der Waals surface area contributed by atoms with Crippen molar-refractivity contribution in [1.29, 1.82) is 0 Å². The fourth-order valence-corrected chi connectivity index (χ4v) is 1.63. The van der Waals surface area contributed by atoms with Gasteiger partial charge >= 0.3 is 0 Å². The second kappa shape index (κ2) is 4.45. The third-order valence-corrected chi connectivity index (χ3v) is 2.52. The monoisotopic (exact) mass is 204 g/mol. The lowest BCUT2D eigenvalue weighted by atomic mass is 10.1. The molecular formula is C12H14NO2. The van der Waals surface area contributed by atoms with Gasteiger partial charge in [0.1, 0.15) is 6.61 Å². The van der Waals surface area contributed by atoms with E-state index < -0.39 is 0 Å². The quantitative estimate of drug-likeness (QED) is 0.729. The molecule has 1 amide bonds. The summed E-state index contributed by atoms with van der Waals surface area (Å²) >= 11 is 0. The van der Waals surface area contributed by atoms with E-state index in [4.69, 9.17) is 4.74 Å². The highest BCUT2D eigenvalue weighted by Crippen LogP contribution is 2.17. The van der Waals surface area contributed by atoms with Gasteiger partial charge in [0.05, 0.1) is 6.61 Å². The van der Waals surface area contributed by atoms with Crippen LogP contribution in [0.25, 0.3) is 0 Å². The molecule has 3 heteroatoms. The maximum absolute atomic E-state index is 11.5. The van der Waals surface area contributed by atoms with E-state index in [0.29, 0.717) is 13.2 Å². The highest BCUT2D eigenvalue weighted by atomic mass is 16.5. The predicted molar refractivity (Wildman–Crippen MR) is 58.7 cm³/mol. The number of nitrogens with zero attached hydrogens (tertiary/aromatic N) is 1. The van der Waals surface area contributed by atoms with Gasteiger partial charge in [-0.15, -0.1) is 0 Å². The number of hydrogen-bond acceptors (Lipinski definition) is 2. The van der Waals surface area contributed by atoms with Crippen LogP contribution in [-0.2, 0) is 16.0 Å². The summed E-state index contributed by atoms with van der Waals surface area (Å²) in [6.07, 6.45) is 0.775. The molecule has 1 heterocycles. The van der Waals surface area contributed by atoms with Crippen LogP contribution in [0.4, 0.5) is 5.69 Å². The van der Waals surface area contributed by atoms with Crippen molar-refractivity contribution in [3.8, 4) is 0 Å². The first kappa shape index (κ1) is 10.2. The van der Waals surface area contributed by atoms with E-state index in [2.05, 4.69) is 6.92 Å². The SMILES string of the molecule is [CH2]Cc1ccc(N2CCOCC2=O)cc1. The number of amides is 1. The number of carbonyl (C=O) groups excluding carboxylic acids is 1. The van der Waals surface area contributed by atoms with Crippen LogP contribution in [0.3, 0.4) is 0 Å². The van der Waals surface area contributed by atoms with Crippen LogP contribution in [0.5, 0.6) is 0 Å². The van der Waals surface area contributed by atoms with Crippen molar-refractivity contribution < 1.29 is 9.53 Å². The molecule has 0 bridgehead atoms. The first-order chi connectivity index (χ1) is 7.31. The van der Waals surface area contributed by atoms with Crippen molar-refractivity contribution in [2.24, 2.45) is 0 Å². The maximum Gasteiger partial charge on any atom is 0.253 e. The Kier molecular flexibility index (Phi) is 3.02. The zero-order chi connectivity index (χ0) is 10.7. The number of morpholine rings is 1. The van der Waals surface area contributed by atoms with Gasteiger partial charge < -0.3 is 9.64 Å². The van der Waals surface area contributed by atoms with Gasteiger partial charge in [-0.25, -0.2) is 0 Å². The van der Waals surface area contributed by atoms with Crippen molar-refractivity contribution in [3.05, 3.63) is 36.8 Å². The Bertz CT molecular complexity index is 345. The van der Waals surface area contributed by atoms with Crippen LogP contribution in [0.1, 0.15) is 5.56 Å². The number of ether oxygens (including phenoxy) is 1. The minimum absolute atomic E-state index is 0.0311. The molecule has 1 aromatic carbocycles. The standard InChI is InChI=1S/C12H14NO2/c1-2-10-3-5-11(6-4-10)13-7-8-15-9-12(13)14/h3-6H,1-2,7-9H2. The van der Waals surface area contributed by atoms with Crippen LogP contribution in [0.2, 0.25) is 0 Å². The summed E-state index contributed by atoms with van der Waals surface area (Å²) in [5, 5.41) is 0. The molecule has 0 aromatic heterocycles. The molecule has 0 unspecified atom stereocenters. The van der Waals surface area contributed by atoms with E-state index in [1.165, 1.54) is 5.56 Å². The lowest BCUT2D eigenvalue weighted by Crippen LogP contribution is -2.41. The molecule has 2 rings (SSSR count). The Balaban J connectivity index is 2.17. The Hall–Kier alpha value is -1.35. The predicted octanol–water partition coefficient (Wildman–Crippen LogP) is 1.43. The average molecular weight is 204 g/mol. The Morgan fingerprint density at radius 2 is 2.07 bits per heavy atom. The first-order valence-corrected chi connectivity index (χ1v) is 5.07. The molecule has 1 aromatic rings. The van der Waals surface area contributed by atoms with Crippen LogP contribution in [0, 0.1) is 6.92 Å². The van der Waals surface area contributed by atoms with Crippen LogP contribution in [-0.4, -0.2) is 25.7 Å². The van der Waals surface area contributed by atoms with Gasteiger partial charge in [-0.2, -0.15) is 0 Å². The van der Waals surface area contributed by atoms with E-state index in [1.807, 2.05) is 24.3 Å². The molecule has 3 nitrogen and oxygen atoms in total. The zero-order valence-electron chi connectivity index (χ0n) is 8.61. The molecule has 1 aliphatic heterocycles. The minimum Gasteiger partial charge on any atom is -0.370 e. The number of rotatable bonds is 2. The van der Waals surface area contributed by atoms with Gasteiger partial charge in [-0.3, -0.25) is 4.79 Å². The van der Waals surface area contributed by atoms with Crippen molar-refractivity contribution in [3.63, 3.8) is 0 Å². The lowest BCUT2D eigenvalue weighted by Gasteiger charge is -2.26. The molecule has 0 atom stereocenters. The summed E-state index contributed by atoms with van der Waals surface area (Å²) in [4.78, 5) is 13.3. The molecule has 15 heavy (non-hydrogen) atoms. The maximum atomic E-state index is 11.5. The van der Waals surface area contributed by atoms with E-state index in [-0.39, 0.29) is 12.5 Å². The molecule has 1 radical (unpaired) electrons. The van der Waals surface area contributed by atoms with Gasteiger partial charge in [0.25, 0.3) is 5.91 Å². The molecule has 79 valence electrons. The molecule has 1 saturated heterocycles. The molecule has 1 aliphatic rings. The smallest absolute Gasteiger partial charge is 0.253 e. The van der Waals surface area contributed by atoms with Crippen molar-refractivity contribution in [1.82, 2.24) is 0 Å². The topological polar surface area (TPSA) is 29.5 Å². The summed E-state index contributed by atoms with van der Waals surface area (Å²) in [6, 6.07) is 7.93. The lowest BCUT2D eigenvalue weighted by molar-refractivity contribution is -0.125. The van der Waals surface area contributed by atoms with Gasteiger partial charge in [-0.1, -0.05) is 12.1 Å². The Morgan fingerprint density at radius 1 is 1.33 bits per heavy atom. The fraction of sp³-hybridized carbons (Fsp3) is 0.333. The summed E-state index contributed by atoms with van der Waals surface area (Å²) in [5.74, 6) is 0.0311. The highest BCUT2D eigenvalue weighted by Gasteiger charge is 2.19. The summed E-state index contributed by atoms with van der Waals surface area (Å²) < 4.78 is 5.08. The van der Waals surface area contributed by atoms with Crippen molar-refractivity contribution in [2.75, 3.05) is 24.7 Å². The van der Waals surface area contributed by atoms with E-state index in [0.717, 1.165) is 12.1 Å². The van der Waals surface area contributed by atoms with Crippen LogP contribution >= 0.6 is 0 Å². The molecule has 0 spiro atoms. The summed E-state index contributed by atoms with van der Waals surface area (Å²) in [5.41, 5.74) is 2.12. The summed E-state index contributed by atoms with van der Waals surface area (Å²) in [6.45, 7) is 5.26. The van der Waals surface area contributed by atoms with Crippen LogP contribution in [0.15, 0.2) is 24.3 Å². The average Bonchev–Trinajstić information content (AvgIpc) is 2.30. The van der Waals surface area contributed by atoms with Gasteiger partial charge in [0, 0.05) is 12.2 Å².